The SMILES string of the molecule is CN1C(=O)CC(NC(=O)C(N)CCS(C)(=O)=O)C1c1ccc(Cl)cc1. The first-order chi connectivity index (χ1) is 11.6. The van der Waals surface area contributed by atoms with E-state index in [0.29, 0.717) is 5.02 Å². The molecule has 7 nitrogen and oxygen atoms in total. The van der Waals surface area contributed by atoms with E-state index in [1.54, 1.807) is 24.1 Å². The van der Waals surface area contributed by atoms with Crippen molar-refractivity contribution in [3.8, 4) is 0 Å². The lowest BCUT2D eigenvalue weighted by molar-refractivity contribution is -0.127. The molecule has 3 N–H and O–H groups in total. The lowest BCUT2D eigenvalue weighted by Gasteiger charge is -2.27. The van der Waals surface area contributed by atoms with Gasteiger partial charge in [0.1, 0.15) is 9.84 Å². The maximum Gasteiger partial charge on any atom is 0.237 e. The first-order valence-corrected chi connectivity index (χ1v) is 10.3. The summed E-state index contributed by atoms with van der Waals surface area (Å²) in [4.78, 5) is 25.9. The molecule has 2 amide bonds. The van der Waals surface area contributed by atoms with E-state index in [1.165, 1.54) is 0 Å². The quantitative estimate of drug-likeness (QED) is 0.738. The highest BCUT2D eigenvalue weighted by molar-refractivity contribution is 7.90. The fraction of sp³-hybridized carbons (Fsp3) is 0.500. The molecule has 0 aliphatic carbocycles. The fourth-order valence-electron chi connectivity index (χ4n) is 2.88. The van der Waals surface area contributed by atoms with Crippen LogP contribution in [-0.4, -0.2) is 56.3 Å². The van der Waals surface area contributed by atoms with Gasteiger partial charge in [-0.3, -0.25) is 9.59 Å². The summed E-state index contributed by atoms with van der Waals surface area (Å²) in [6.07, 6.45) is 1.29. The highest BCUT2D eigenvalue weighted by atomic mass is 35.5. The van der Waals surface area contributed by atoms with Crippen molar-refractivity contribution in [2.75, 3.05) is 19.1 Å². The predicted octanol–water partition coefficient (Wildman–Crippen LogP) is 0.490. The number of amides is 2. The molecule has 2 rings (SSSR count). The molecule has 1 aliphatic heterocycles. The number of likely N-dealkylation sites (N-methyl/N-ethyl adjacent to an activating group) is 1. The van der Waals surface area contributed by atoms with Gasteiger partial charge >= 0.3 is 0 Å². The van der Waals surface area contributed by atoms with Gasteiger partial charge in [0.15, 0.2) is 0 Å². The number of hydrogen-bond donors (Lipinski definition) is 2. The van der Waals surface area contributed by atoms with Crippen LogP contribution >= 0.6 is 11.6 Å². The van der Waals surface area contributed by atoms with Crippen molar-refractivity contribution in [1.82, 2.24) is 10.2 Å². The third-order valence-electron chi connectivity index (χ3n) is 4.26. The Bertz CT molecular complexity index is 751. The van der Waals surface area contributed by atoms with E-state index in [1.807, 2.05) is 12.1 Å². The van der Waals surface area contributed by atoms with Crippen molar-refractivity contribution in [2.45, 2.75) is 31.0 Å². The second-order valence-electron chi connectivity index (χ2n) is 6.35. The van der Waals surface area contributed by atoms with Crippen LogP contribution in [0.3, 0.4) is 0 Å². The second-order valence-corrected chi connectivity index (χ2v) is 9.04. The van der Waals surface area contributed by atoms with Crippen LogP contribution in [0.2, 0.25) is 5.02 Å². The minimum Gasteiger partial charge on any atom is -0.349 e. The summed E-state index contributed by atoms with van der Waals surface area (Å²) in [6, 6.07) is 5.37. The number of carbonyl (C=O) groups excluding carboxylic acids is 2. The van der Waals surface area contributed by atoms with Gasteiger partial charge in [-0.05, 0) is 24.1 Å². The molecule has 25 heavy (non-hydrogen) atoms. The minimum absolute atomic E-state index is 0.0345. The van der Waals surface area contributed by atoms with E-state index in [0.717, 1.165) is 11.8 Å². The molecule has 3 atom stereocenters. The largest absolute Gasteiger partial charge is 0.349 e. The Morgan fingerprint density at radius 2 is 2.00 bits per heavy atom. The summed E-state index contributed by atoms with van der Waals surface area (Å²) >= 11 is 5.90. The Hall–Kier alpha value is -1.64. The highest BCUT2D eigenvalue weighted by Gasteiger charge is 2.39. The molecule has 0 aromatic heterocycles. The third kappa shape index (κ3) is 5.17. The Balaban J connectivity index is 2.09. The van der Waals surface area contributed by atoms with Crippen LogP contribution < -0.4 is 11.1 Å². The molecule has 1 fully saturated rings. The first-order valence-electron chi connectivity index (χ1n) is 7.83. The zero-order valence-electron chi connectivity index (χ0n) is 14.1. The zero-order valence-corrected chi connectivity index (χ0v) is 15.7. The van der Waals surface area contributed by atoms with Crippen molar-refractivity contribution < 1.29 is 18.0 Å². The van der Waals surface area contributed by atoms with Gasteiger partial charge in [0.05, 0.1) is 23.9 Å². The van der Waals surface area contributed by atoms with E-state index >= 15 is 0 Å². The summed E-state index contributed by atoms with van der Waals surface area (Å²) < 4.78 is 22.4. The number of sulfone groups is 1. The zero-order chi connectivity index (χ0) is 18.8. The van der Waals surface area contributed by atoms with E-state index < -0.39 is 27.8 Å². The number of benzene rings is 1. The van der Waals surface area contributed by atoms with Crippen molar-refractivity contribution >= 4 is 33.3 Å². The molecule has 1 heterocycles. The van der Waals surface area contributed by atoms with E-state index in [9.17, 15) is 18.0 Å². The number of carbonyl (C=O) groups is 2. The molecule has 1 aromatic carbocycles. The highest BCUT2D eigenvalue weighted by Crippen LogP contribution is 2.32. The van der Waals surface area contributed by atoms with Crippen molar-refractivity contribution in [3.63, 3.8) is 0 Å². The summed E-state index contributed by atoms with van der Waals surface area (Å²) in [6.45, 7) is 0. The summed E-state index contributed by atoms with van der Waals surface area (Å²) in [5, 5.41) is 3.37. The number of nitrogens with one attached hydrogen (secondary N) is 1. The maximum atomic E-state index is 12.3. The smallest absolute Gasteiger partial charge is 0.237 e. The van der Waals surface area contributed by atoms with Crippen LogP contribution in [0.25, 0.3) is 0 Å². The van der Waals surface area contributed by atoms with E-state index in [2.05, 4.69) is 5.32 Å². The lowest BCUT2D eigenvalue weighted by Crippen LogP contribution is -2.47. The normalized spacial score (nSPS) is 22.1. The lowest BCUT2D eigenvalue weighted by atomic mass is 9.99. The van der Waals surface area contributed by atoms with Crippen molar-refractivity contribution in [2.24, 2.45) is 5.73 Å². The Kier molecular flexibility index (Phi) is 6.08. The average molecular weight is 388 g/mol. The average Bonchev–Trinajstić information content (AvgIpc) is 2.79. The molecular weight excluding hydrogens is 366 g/mol. The van der Waals surface area contributed by atoms with Gasteiger partial charge in [0, 0.05) is 24.7 Å². The summed E-state index contributed by atoms with van der Waals surface area (Å²) in [7, 11) is -1.51. The molecule has 138 valence electrons. The minimum atomic E-state index is -3.19. The van der Waals surface area contributed by atoms with Gasteiger partial charge in [0.25, 0.3) is 0 Å². The molecule has 0 saturated carbocycles. The number of nitrogens with two attached hydrogens (primary N) is 1. The Morgan fingerprint density at radius 1 is 1.40 bits per heavy atom. The number of rotatable bonds is 6. The molecule has 0 spiro atoms. The fourth-order valence-corrected chi connectivity index (χ4v) is 3.68. The molecule has 1 aromatic rings. The maximum absolute atomic E-state index is 12.3. The molecular formula is C16H22ClN3O4S. The van der Waals surface area contributed by atoms with Gasteiger partial charge in [-0.1, -0.05) is 23.7 Å². The van der Waals surface area contributed by atoms with Crippen LogP contribution in [0.15, 0.2) is 24.3 Å². The molecule has 0 radical (unpaired) electrons. The van der Waals surface area contributed by atoms with E-state index in [-0.39, 0.29) is 30.5 Å². The number of nitrogens with zero attached hydrogens (tertiary/aromatic N) is 1. The molecule has 1 aliphatic rings. The number of likely N-dealkylation sites (tertiary alicyclic amines) is 1. The van der Waals surface area contributed by atoms with Gasteiger partial charge in [-0.25, -0.2) is 8.42 Å². The summed E-state index contributed by atoms with van der Waals surface area (Å²) in [5.74, 6) is -0.711. The van der Waals surface area contributed by atoms with Crippen LogP contribution in [0, 0.1) is 0 Å². The van der Waals surface area contributed by atoms with Crippen LogP contribution in [-0.2, 0) is 19.4 Å². The second kappa shape index (κ2) is 7.72. The molecule has 0 bridgehead atoms. The van der Waals surface area contributed by atoms with Gasteiger partial charge in [0.2, 0.25) is 11.8 Å². The molecule has 9 heteroatoms. The topological polar surface area (TPSA) is 110 Å². The standard InChI is InChI=1S/C16H22ClN3O4S/c1-20-14(21)9-13(15(20)10-3-5-11(17)6-4-10)19-16(22)12(18)7-8-25(2,23)24/h3-6,12-13,15H,7-9,18H2,1-2H3,(H,19,22). The van der Waals surface area contributed by atoms with Crippen LogP contribution in [0.5, 0.6) is 0 Å². The van der Waals surface area contributed by atoms with Crippen molar-refractivity contribution in [1.29, 1.82) is 0 Å². The predicted molar refractivity (Wildman–Crippen MR) is 95.8 cm³/mol. The number of hydrogen-bond acceptors (Lipinski definition) is 5. The Labute approximate surface area is 152 Å². The molecule has 3 unspecified atom stereocenters. The first kappa shape index (κ1) is 19.7. The van der Waals surface area contributed by atoms with E-state index in [4.69, 9.17) is 17.3 Å². The molecule has 1 saturated heterocycles. The Morgan fingerprint density at radius 3 is 2.56 bits per heavy atom. The third-order valence-corrected chi connectivity index (χ3v) is 5.49. The van der Waals surface area contributed by atoms with Gasteiger partial charge in [-0.15, -0.1) is 0 Å². The van der Waals surface area contributed by atoms with Gasteiger partial charge < -0.3 is 16.0 Å². The van der Waals surface area contributed by atoms with Crippen molar-refractivity contribution in [3.05, 3.63) is 34.9 Å². The number of halogens is 1. The van der Waals surface area contributed by atoms with Crippen LogP contribution in [0.1, 0.15) is 24.4 Å². The summed E-state index contributed by atoms with van der Waals surface area (Å²) in [5.41, 5.74) is 6.64. The van der Waals surface area contributed by atoms with Gasteiger partial charge in [-0.2, -0.15) is 0 Å². The van der Waals surface area contributed by atoms with Crippen LogP contribution in [0.4, 0.5) is 0 Å². The monoisotopic (exact) mass is 387 g/mol.